The molecule has 0 aromatic heterocycles. The van der Waals surface area contributed by atoms with Gasteiger partial charge in [-0.15, -0.1) is 0 Å². The van der Waals surface area contributed by atoms with E-state index in [1.807, 2.05) is 24.3 Å². The zero-order chi connectivity index (χ0) is 14.2. The van der Waals surface area contributed by atoms with E-state index >= 15 is 0 Å². The van der Waals surface area contributed by atoms with Gasteiger partial charge in [0, 0.05) is 16.1 Å². The summed E-state index contributed by atoms with van der Waals surface area (Å²) in [7, 11) is -3.28. The van der Waals surface area contributed by atoms with Gasteiger partial charge in [-0.1, -0.05) is 37.6 Å². The number of nitrogens with one attached hydrogen (secondary N) is 1. The van der Waals surface area contributed by atoms with Crippen LogP contribution < -0.4 is 4.72 Å². The summed E-state index contributed by atoms with van der Waals surface area (Å²) in [5.41, 5.74) is 1.61. The van der Waals surface area contributed by atoms with Gasteiger partial charge in [0.05, 0.1) is 6.26 Å². The lowest BCUT2D eigenvalue weighted by Crippen LogP contribution is -2.10. The minimum absolute atomic E-state index is 0.253. The van der Waals surface area contributed by atoms with Crippen LogP contribution in [0.2, 0.25) is 5.02 Å². The van der Waals surface area contributed by atoms with Crippen molar-refractivity contribution in [1.82, 2.24) is 0 Å². The largest absolute Gasteiger partial charge is 0.284 e. The monoisotopic (exact) mass is 297 g/mol. The quantitative estimate of drug-likeness (QED) is 0.931. The van der Waals surface area contributed by atoms with E-state index in [-0.39, 0.29) is 5.92 Å². The van der Waals surface area contributed by atoms with Crippen LogP contribution in [-0.4, -0.2) is 14.7 Å². The van der Waals surface area contributed by atoms with Gasteiger partial charge in [-0.25, -0.2) is 8.42 Å². The van der Waals surface area contributed by atoms with Crippen LogP contribution in [0.5, 0.6) is 0 Å². The summed E-state index contributed by atoms with van der Waals surface area (Å²) >= 11 is 6.25. The number of anilines is 1. The molecule has 19 heavy (non-hydrogen) atoms. The van der Waals surface area contributed by atoms with Gasteiger partial charge in [-0.05, 0) is 35.1 Å². The first kappa shape index (κ1) is 14.2. The number of benzene rings is 2. The first-order valence-corrected chi connectivity index (χ1v) is 8.25. The molecule has 3 nitrogen and oxygen atoms in total. The van der Waals surface area contributed by atoms with E-state index < -0.39 is 10.0 Å². The van der Waals surface area contributed by atoms with Gasteiger partial charge in [-0.3, -0.25) is 4.72 Å². The van der Waals surface area contributed by atoms with E-state index in [4.69, 9.17) is 11.6 Å². The predicted molar refractivity (Wildman–Crippen MR) is 81.5 cm³/mol. The molecular formula is C14H16ClNO2S. The molecule has 0 heterocycles. The second kappa shape index (κ2) is 5.02. The predicted octanol–water partition coefficient (Wildman–Crippen LogP) is 3.99. The van der Waals surface area contributed by atoms with Crippen LogP contribution in [0.3, 0.4) is 0 Å². The van der Waals surface area contributed by atoms with Crippen LogP contribution in [0, 0.1) is 0 Å². The Morgan fingerprint density at radius 1 is 1.21 bits per heavy atom. The maximum Gasteiger partial charge on any atom is 0.229 e. The summed E-state index contributed by atoms with van der Waals surface area (Å²) in [6.45, 7) is 4.12. The molecule has 0 spiro atoms. The summed E-state index contributed by atoms with van der Waals surface area (Å²) in [5, 5.41) is 2.61. The molecule has 0 fully saturated rings. The fourth-order valence-corrected chi connectivity index (χ4v) is 2.98. The number of rotatable bonds is 3. The molecule has 2 rings (SSSR count). The van der Waals surface area contributed by atoms with Crippen molar-refractivity contribution in [1.29, 1.82) is 0 Å². The Balaban J connectivity index is 2.72. The molecular weight excluding hydrogens is 282 g/mol. The van der Waals surface area contributed by atoms with Gasteiger partial charge in [-0.2, -0.15) is 0 Å². The van der Waals surface area contributed by atoms with Gasteiger partial charge in [0.15, 0.2) is 0 Å². The van der Waals surface area contributed by atoms with Gasteiger partial charge in [0.2, 0.25) is 10.0 Å². The molecule has 0 aliphatic rings. The Kier molecular flexibility index (Phi) is 3.74. The van der Waals surface area contributed by atoms with Crippen LogP contribution in [0.15, 0.2) is 30.3 Å². The molecule has 1 N–H and O–H groups in total. The third kappa shape index (κ3) is 3.19. The molecule has 2 aromatic rings. The Morgan fingerprint density at radius 3 is 2.47 bits per heavy atom. The van der Waals surface area contributed by atoms with Crippen molar-refractivity contribution in [2.75, 3.05) is 11.0 Å². The molecule has 5 heteroatoms. The van der Waals surface area contributed by atoms with Crippen molar-refractivity contribution in [2.45, 2.75) is 19.8 Å². The van der Waals surface area contributed by atoms with Gasteiger partial charge < -0.3 is 0 Å². The number of sulfonamides is 1. The lowest BCUT2D eigenvalue weighted by atomic mass is 9.95. The van der Waals surface area contributed by atoms with Gasteiger partial charge in [0.25, 0.3) is 0 Å². The highest BCUT2D eigenvalue weighted by Gasteiger charge is 2.12. The third-order valence-corrected chi connectivity index (χ3v) is 3.80. The van der Waals surface area contributed by atoms with E-state index in [2.05, 4.69) is 18.6 Å². The van der Waals surface area contributed by atoms with Crippen LogP contribution in [0.4, 0.5) is 5.69 Å². The lowest BCUT2D eigenvalue weighted by molar-refractivity contribution is 0.607. The zero-order valence-electron chi connectivity index (χ0n) is 11.1. The van der Waals surface area contributed by atoms with Crippen molar-refractivity contribution in [3.63, 3.8) is 0 Å². The third-order valence-electron chi connectivity index (χ3n) is 2.88. The summed E-state index contributed by atoms with van der Waals surface area (Å²) in [5.74, 6) is 0.253. The number of halogens is 1. The molecule has 0 saturated heterocycles. The molecule has 102 valence electrons. The SMILES string of the molecule is CC(C)c1cc(NS(C)(=O)=O)cc2cccc(Cl)c12. The molecule has 0 amide bonds. The van der Waals surface area contributed by atoms with Crippen molar-refractivity contribution in [3.05, 3.63) is 40.9 Å². The molecule has 0 aliphatic carbocycles. The first-order chi connectivity index (χ1) is 8.78. The fraction of sp³-hybridized carbons (Fsp3) is 0.286. The maximum atomic E-state index is 11.3. The molecule has 2 aromatic carbocycles. The summed E-state index contributed by atoms with van der Waals surface area (Å²) < 4.78 is 25.2. The van der Waals surface area contributed by atoms with Crippen LogP contribution >= 0.6 is 11.6 Å². The van der Waals surface area contributed by atoms with Crippen molar-refractivity contribution >= 4 is 38.1 Å². The fourth-order valence-electron chi connectivity index (χ4n) is 2.14. The van der Waals surface area contributed by atoms with E-state index in [0.717, 1.165) is 22.6 Å². The molecule has 0 atom stereocenters. The number of hydrogen-bond donors (Lipinski definition) is 1. The van der Waals surface area contributed by atoms with Crippen LogP contribution in [-0.2, 0) is 10.0 Å². The average molecular weight is 298 g/mol. The Labute approximate surface area is 118 Å². The van der Waals surface area contributed by atoms with E-state index in [1.54, 1.807) is 6.07 Å². The number of hydrogen-bond acceptors (Lipinski definition) is 2. The molecule has 0 aliphatic heterocycles. The second-order valence-corrected chi connectivity index (χ2v) is 7.09. The summed E-state index contributed by atoms with van der Waals surface area (Å²) in [4.78, 5) is 0. The topological polar surface area (TPSA) is 46.2 Å². The average Bonchev–Trinajstić information content (AvgIpc) is 2.25. The highest BCUT2D eigenvalue weighted by Crippen LogP contribution is 2.34. The van der Waals surface area contributed by atoms with E-state index in [1.165, 1.54) is 0 Å². The Morgan fingerprint density at radius 2 is 1.89 bits per heavy atom. The van der Waals surface area contributed by atoms with E-state index in [9.17, 15) is 8.42 Å². The maximum absolute atomic E-state index is 11.3. The second-order valence-electron chi connectivity index (χ2n) is 4.93. The Bertz CT molecular complexity index is 724. The normalized spacial score (nSPS) is 12.1. The highest BCUT2D eigenvalue weighted by atomic mass is 35.5. The standard InChI is InChI=1S/C14H16ClNO2S/c1-9(2)12-8-11(16-19(3,17)18)7-10-5-4-6-13(15)14(10)12/h4-9,16H,1-3H3. The van der Waals surface area contributed by atoms with Gasteiger partial charge in [0.1, 0.15) is 0 Å². The minimum atomic E-state index is -3.28. The van der Waals surface area contributed by atoms with Gasteiger partial charge >= 0.3 is 0 Å². The van der Waals surface area contributed by atoms with Crippen molar-refractivity contribution in [3.8, 4) is 0 Å². The zero-order valence-corrected chi connectivity index (χ0v) is 12.6. The number of fused-ring (bicyclic) bond motifs is 1. The molecule has 0 radical (unpaired) electrons. The van der Waals surface area contributed by atoms with E-state index in [0.29, 0.717) is 10.7 Å². The van der Waals surface area contributed by atoms with Crippen molar-refractivity contribution < 1.29 is 8.42 Å². The molecule has 0 bridgehead atoms. The Hall–Kier alpha value is -1.26. The van der Waals surface area contributed by atoms with Crippen LogP contribution in [0.1, 0.15) is 25.3 Å². The minimum Gasteiger partial charge on any atom is -0.284 e. The summed E-state index contributed by atoms with van der Waals surface area (Å²) in [6, 6.07) is 9.28. The lowest BCUT2D eigenvalue weighted by Gasteiger charge is -2.14. The molecule has 0 saturated carbocycles. The first-order valence-electron chi connectivity index (χ1n) is 5.98. The van der Waals surface area contributed by atoms with Crippen molar-refractivity contribution in [2.24, 2.45) is 0 Å². The van der Waals surface area contributed by atoms with Crippen LogP contribution in [0.25, 0.3) is 10.8 Å². The molecule has 0 unspecified atom stereocenters. The highest BCUT2D eigenvalue weighted by molar-refractivity contribution is 7.92. The summed E-state index contributed by atoms with van der Waals surface area (Å²) in [6.07, 6.45) is 1.14. The smallest absolute Gasteiger partial charge is 0.229 e.